The first-order valence-electron chi connectivity index (χ1n) is 12.3. The van der Waals surface area contributed by atoms with Crippen molar-refractivity contribution < 1.29 is 9.18 Å². The molecule has 4 rings (SSSR count). The predicted molar refractivity (Wildman–Crippen MR) is 136 cm³/mol. The number of rotatable bonds is 10. The summed E-state index contributed by atoms with van der Waals surface area (Å²) in [7, 11) is 0. The van der Waals surface area contributed by atoms with Crippen molar-refractivity contribution in [2.24, 2.45) is 5.92 Å². The summed E-state index contributed by atoms with van der Waals surface area (Å²) in [5, 5.41) is 4.06. The highest BCUT2D eigenvalue weighted by atomic mass is 32.1. The molecule has 0 atom stereocenters. The van der Waals surface area contributed by atoms with Gasteiger partial charge in [0.2, 0.25) is 5.13 Å². The van der Waals surface area contributed by atoms with Gasteiger partial charge in [-0.15, -0.1) is 0 Å². The zero-order valence-corrected chi connectivity index (χ0v) is 20.6. The number of carbonyl (C=O) groups excluding carboxylic acids is 1. The van der Waals surface area contributed by atoms with Crippen molar-refractivity contribution in [3.63, 3.8) is 0 Å². The van der Waals surface area contributed by atoms with E-state index < -0.39 is 0 Å². The second-order valence-corrected chi connectivity index (χ2v) is 9.82. The molecule has 2 aromatic carbocycles. The minimum absolute atomic E-state index is 0.0112. The Morgan fingerprint density at radius 2 is 1.76 bits per heavy atom. The van der Waals surface area contributed by atoms with Gasteiger partial charge in [0.1, 0.15) is 11.6 Å². The van der Waals surface area contributed by atoms with Crippen molar-refractivity contribution in [3.05, 3.63) is 76.9 Å². The molecule has 0 saturated carbocycles. The molecule has 1 aliphatic heterocycles. The number of piperidine rings is 1. The number of hydrogen-bond donors (Lipinski definition) is 1. The highest BCUT2D eigenvalue weighted by Gasteiger charge is 2.22. The molecule has 0 bridgehead atoms. The third-order valence-corrected chi connectivity index (χ3v) is 7.27. The quantitative estimate of drug-likeness (QED) is 0.381. The molecule has 1 aliphatic rings. The van der Waals surface area contributed by atoms with Gasteiger partial charge in [-0.2, -0.15) is 4.37 Å². The molecule has 0 radical (unpaired) electrons. The second-order valence-electron chi connectivity index (χ2n) is 9.09. The average molecular weight is 481 g/mol. The molecule has 0 spiro atoms. The van der Waals surface area contributed by atoms with Crippen LogP contribution in [0, 0.1) is 11.7 Å². The van der Waals surface area contributed by atoms with Crippen molar-refractivity contribution in [2.45, 2.75) is 51.9 Å². The molecule has 1 fully saturated rings. The lowest BCUT2D eigenvalue weighted by molar-refractivity contribution is 0.0945. The molecule has 0 unspecified atom stereocenters. The lowest BCUT2D eigenvalue weighted by Gasteiger charge is -2.31. The first-order valence-corrected chi connectivity index (χ1v) is 13.1. The summed E-state index contributed by atoms with van der Waals surface area (Å²) in [5.41, 5.74) is 3.04. The minimum Gasteiger partial charge on any atom is -0.352 e. The highest BCUT2D eigenvalue weighted by Crippen LogP contribution is 2.25. The van der Waals surface area contributed by atoms with Crippen LogP contribution in [0.2, 0.25) is 0 Å². The number of amides is 1. The first kappa shape index (κ1) is 24.3. The van der Waals surface area contributed by atoms with Gasteiger partial charge in [0.25, 0.3) is 5.91 Å². The average Bonchev–Trinajstić information content (AvgIpc) is 3.33. The molecule has 7 heteroatoms. The number of benzene rings is 2. The van der Waals surface area contributed by atoms with Gasteiger partial charge >= 0.3 is 0 Å². The van der Waals surface area contributed by atoms with Gasteiger partial charge in [-0.3, -0.25) is 4.79 Å². The first-order chi connectivity index (χ1) is 16.6. The molecule has 1 N–H and O–H groups in total. The number of anilines is 1. The van der Waals surface area contributed by atoms with E-state index in [1.807, 2.05) is 12.1 Å². The summed E-state index contributed by atoms with van der Waals surface area (Å²) in [6, 6.07) is 14.5. The van der Waals surface area contributed by atoms with Gasteiger partial charge in [-0.25, -0.2) is 9.37 Å². The normalized spacial score (nSPS) is 14.4. The lowest BCUT2D eigenvalue weighted by Crippen LogP contribution is -2.38. The zero-order valence-electron chi connectivity index (χ0n) is 19.8. The number of aromatic nitrogens is 2. The number of nitrogens with zero attached hydrogens (tertiary/aromatic N) is 3. The maximum atomic E-state index is 13.1. The van der Waals surface area contributed by atoms with E-state index in [2.05, 4.69) is 33.6 Å². The van der Waals surface area contributed by atoms with Crippen LogP contribution in [0.3, 0.4) is 0 Å². The molecule has 0 aliphatic carbocycles. The number of hydrogen-bond acceptors (Lipinski definition) is 5. The van der Waals surface area contributed by atoms with Crippen molar-refractivity contribution >= 4 is 22.6 Å². The van der Waals surface area contributed by atoms with Crippen LogP contribution in [0.25, 0.3) is 0 Å². The Morgan fingerprint density at radius 3 is 2.47 bits per heavy atom. The molecule has 1 amide bonds. The van der Waals surface area contributed by atoms with Crippen LogP contribution < -0.4 is 10.2 Å². The van der Waals surface area contributed by atoms with Gasteiger partial charge < -0.3 is 10.2 Å². The van der Waals surface area contributed by atoms with E-state index in [-0.39, 0.29) is 11.7 Å². The smallest absolute Gasteiger partial charge is 0.251 e. The standard InChI is InChI=1S/C27H33FN4OS/c1-2-3-4-5-20-6-10-23(11-7-20)26(33)29-19-22-14-16-32(17-15-22)27-30-25(31-34-27)18-21-8-12-24(28)13-9-21/h6-13,22H,2-5,14-19H2,1H3,(H,29,33). The van der Waals surface area contributed by atoms with Gasteiger partial charge in [0, 0.05) is 43.2 Å². The topological polar surface area (TPSA) is 58.1 Å². The van der Waals surface area contributed by atoms with Crippen LogP contribution in [0.4, 0.5) is 9.52 Å². The maximum absolute atomic E-state index is 13.1. The fourth-order valence-electron chi connectivity index (χ4n) is 4.30. The van der Waals surface area contributed by atoms with Crippen LogP contribution in [0.1, 0.15) is 66.3 Å². The van der Waals surface area contributed by atoms with E-state index in [4.69, 9.17) is 4.98 Å². The Balaban J connectivity index is 1.19. The Bertz CT molecular complexity index is 1040. The highest BCUT2D eigenvalue weighted by molar-refractivity contribution is 7.09. The summed E-state index contributed by atoms with van der Waals surface area (Å²) >= 11 is 1.42. The van der Waals surface area contributed by atoms with Crippen molar-refractivity contribution in [1.82, 2.24) is 14.7 Å². The fraction of sp³-hybridized carbons (Fsp3) is 0.444. The number of nitrogens with one attached hydrogen (secondary N) is 1. The Labute approximate surface area is 205 Å². The van der Waals surface area contributed by atoms with Gasteiger partial charge in [0.15, 0.2) is 0 Å². The Morgan fingerprint density at radius 1 is 1.06 bits per heavy atom. The summed E-state index contributed by atoms with van der Waals surface area (Å²) in [4.78, 5) is 19.5. The molecule has 1 aromatic heterocycles. The van der Waals surface area contributed by atoms with Crippen LogP contribution in [-0.2, 0) is 12.8 Å². The zero-order chi connectivity index (χ0) is 23.8. The monoisotopic (exact) mass is 480 g/mol. The second kappa shape index (κ2) is 12.1. The Hall–Kier alpha value is -2.80. The molecular formula is C27H33FN4OS. The van der Waals surface area contributed by atoms with E-state index in [1.54, 1.807) is 12.1 Å². The predicted octanol–water partition coefficient (Wildman–Crippen LogP) is 5.65. The SMILES string of the molecule is CCCCCc1ccc(C(=O)NCC2CCN(c3nc(Cc4ccc(F)cc4)ns3)CC2)cc1. The molecular weight excluding hydrogens is 447 g/mol. The van der Waals surface area contributed by atoms with E-state index in [1.165, 1.54) is 48.5 Å². The Kier molecular flexibility index (Phi) is 8.63. The maximum Gasteiger partial charge on any atom is 0.251 e. The number of carbonyl (C=O) groups is 1. The number of halogens is 1. The van der Waals surface area contributed by atoms with Crippen molar-refractivity contribution in [2.75, 3.05) is 24.5 Å². The number of unbranched alkanes of at least 4 members (excludes halogenated alkanes) is 2. The van der Waals surface area contributed by atoms with Gasteiger partial charge in [0.05, 0.1) is 0 Å². The summed E-state index contributed by atoms with van der Waals surface area (Å²) in [6.07, 6.45) is 7.39. The van der Waals surface area contributed by atoms with Crippen LogP contribution in [0.15, 0.2) is 48.5 Å². The summed E-state index contributed by atoms with van der Waals surface area (Å²) in [5.74, 6) is 1.03. The van der Waals surface area contributed by atoms with Crippen molar-refractivity contribution in [1.29, 1.82) is 0 Å². The van der Waals surface area contributed by atoms with Crippen molar-refractivity contribution in [3.8, 4) is 0 Å². The number of aryl methyl sites for hydroxylation is 1. The molecule has 1 saturated heterocycles. The van der Waals surface area contributed by atoms with E-state index in [9.17, 15) is 9.18 Å². The summed E-state index contributed by atoms with van der Waals surface area (Å²) in [6.45, 7) is 4.74. The fourth-order valence-corrected chi connectivity index (χ4v) is 5.04. The largest absolute Gasteiger partial charge is 0.352 e. The molecule has 3 aromatic rings. The third-order valence-electron chi connectivity index (χ3n) is 6.45. The molecule has 180 valence electrons. The minimum atomic E-state index is -0.231. The van der Waals surface area contributed by atoms with E-state index in [0.29, 0.717) is 18.9 Å². The van der Waals surface area contributed by atoms with E-state index >= 15 is 0 Å². The third kappa shape index (κ3) is 6.86. The van der Waals surface area contributed by atoms with Gasteiger partial charge in [-0.05, 0) is 67.0 Å². The van der Waals surface area contributed by atoms with Gasteiger partial charge in [-0.1, -0.05) is 44.0 Å². The summed E-state index contributed by atoms with van der Waals surface area (Å²) < 4.78 is 17.6. The van der Waals surface area contributed by atoms with Crippen LogP contribution in [0.5, 0.6) is 0 Å². The van der Waals surface area contributed by atoms with Crippen LogP contribution in [-0.4, -0.2) is 34.9 Å². The lowest BCUT2D eigenvalue weighted by atomic mass is 9.97. The molecule has 34 heavy (non-hydrogen) atoms. The van der Waals surface area contributed by atoms with E-state index in [0.717, 1.165) is 54.4 Å². The molecule has 5 nitrogen and oxygen atoms in total. The molecule has 2 heterocycles. The van der Waals surface area contributed by atoms with Crippen LogP contribution >= 0.6 is 11.5 Å².